The van der Waals surface area contributed by atoms with Crippen molar-refractivity contribution in [3.05, 3.63) is 65.0 Å². The molecule has 0 N–H and O–H groups in total. The third-order valence-corrected chi connectivity index (χ3v) is 4.69. The summed E-state index contributed by atoms with van der Waals surface area (Å²) in [6.07, 6.45) is 0. The molecule has 142 valence electrons. The van der Waals surface area contributed by atoms with Gasteiger partial charge < -0.3 is 14.5 Å². The van der Waals surface area contributed by atoms with Gasteiger partial charge in [0.1, 0.15) is 11.6 Å². The van der Waals surface area contributed by atoms with Crippen LogP contribution < -0.4 is 4.74 Å². The van der Waals surface area contributed by atoms with Crippen LogP contribution in [-0.2, 0) is 4.79 Å². The highest BCUT2D eigenvalue weighted by Gasteiger charge is 2.25. The van der Waals surface area contributed by atoms with E-state index < -0.39 is 5.82 Å². The van der Waals surface area contributed by atoms with Gasteiger partial charge in [-0.2, -0.15) is 0 Å². The molecule has 1 aliphatic rings. The number of benzene rings is 2. The van der Waals surface area contributed by atoms with Crippen LogP contribution in [0, 0.1) is 19.7 Å². The maximum atomic E-state index is 13.3. The van der Waals surface area contributed by atoms with E-state index in [9.17, 15) is 14.0 Å². The summed E-state index contributed by atoms with van der Waals surface area (Å²) in [5, 5.41) is 0. The van der Waals surface area contributed by atoms with Gasteiger partial charge in [0, 0.05) is 31.7 Å². The van der Waals surface area contributed by atoms with Gasteiger partial charge in [0.2, 0.25) is 0 Å². The Morgan fingerprint density at radius 3 is 2.41 bits per heavy atom. The Hall–Kier alpha value is -2.89. The lowest BCUT2D eigenvalue weighted by Gasteiger charge is -2.34. The zero-order valence-electron chi connectivity index (χ0n) is 15.6. The molecular weight excluding hydrogens is 347 g/mol. The first-order chi connectivity index (χ1) is 12.9. The fourth-order valence-corrected chi connectivity index (χ4v) is 3.06. The second-order valence-electron chi connectivity index (χ2n) is 6.74. The molecule has 2 aromatic carbocycles. The lowest BCUT2D eigenvalue weighted by atomic mass is 10.1. The molecule has 0 atom stereocenters. The smallest absolute Gasteiger partial charge is 0.260 e. The van der Waals surface area contributed by atoms with Crippen molar-refractivity contribution in [1.29, 1.82) is 0 Å². The van der Waals surface area contributed by atoms with E-state index in [0.29, 0.717) is 37.5 Å². The number of hydrogen-bond acceptors (Lipinski definition) is 3. The Morgan fingerprint density at radius 1 is 1.00 bits per heavy atom. The van der Waals surface area contributed by atoms with E-state index in [2.05, 4.69) is 0 Å². The molecule has 27 heavy (non-hydrogen) atoms. The summed E-state index contributed by atoms with van der Waals surface area (Å²) in [7, 11) is 0. The van der Waals surface area contributed by atoms with Crippen molar-refractivity contribution in [1.82, 2.24) is 9.80 Å². The minimum Gasteiger partial charge on any atom is -0.483 e. The minimum atomic E-state index is -0.432. The van der Waals surface area contributed by atoms with Gasteiger partial charge >= 0.3 is 0 Å². The number of nitrogens with zero attached hydrogens (tertiary/aromatic N) is 2. The van der Waals surface area contributed by atoms with Gasteiger partial charge in [-0.25, -0.2) is 4.39 Å². The topological polar surface area (TPSA) is 49.9 Å². The lowest BCUT2D eigenvalue weighted by molar-refractivity contribution is -0.134. The Labute approximate surface area is 158 Å². The van der Waals surface area contributed by atoms with Gasteiger partial charge in [0.25, 0.3) is 11.8 Å². The summed E-state index contributed by atoms with van der Waals surface area (Å²) >= 11 is 0. The maximum absolute atomic E-state index is 13.3. The zero-order valence-corrected chi connectivity index (χ0v) is 15.6. The van der Waals surface area contributed by atoms with Gasteiger partial charge in [-0.1, -0.05) is 18.2 Å². The molecule has 1 aliphatic heterocycles. The SMILES string of the molecule is Cc1ccc(C)c(OCC(=O)N2CCN(C(=O)c3cccc(F)c3)CC2)c1. The molecule has 0 spiro atoms. The van der Waals surface area contributed by atoms with Crippen molar-refractivity contribution >= 4 is 11.8 Å². The van der Waals surface area contributed by atoms with Crippen molar-refractivity contribution < 1.29 is 18.7 Å². The molecule has 0 saturated carbocycles. The molecule has 3 rings (SSSR count). The summed E-state index contributed by atoms with van der Waals surface area (Å²) < 4.78 is 19.0. The average molecular weight is 370 g/mol. The molecule has 2 amide bonds. The van der Waals surface area contributed by atoms with Crippen LogP contribution in [0.1, 0.15) is 21.5 Å². The predicted octanol–water partition coefficient (Wildman–Crippen LogP) is 2.81. The number of carbonyl (C=O) groups excluding carboxylic acids is 2. The number of halogens is 1. The quantitative estimate of drug-likeness (QED) is 0.832. The molecule has 1 fully saturated rings. The zero-order chi connectivity index (χ0) is 19.4. The Morgan fingerprint density at radius 2 is 1.70 bits per heavy atom. The highest BCUT2D eigenvalue weighted by atomic mass is 19.1. The minimum absolute atomic E-state index is 0.0257. The highest BCUT2D eigenvalue weighted by Crippen LogP contribution is 2.19. The van der Waals surface area contributed by atoms with E-state index in [4.69, 9.17) is 4.74 Å². The molecule has 6 heteroatoms. The van der Waals surface area contributed by atoms with Crippen LogP contribution in [-0.4, -0.2) is 54.4 Å². The van der Waals surface area contributed by atoms with Gasteiger partial charge in [-0.05, 0) is 49.2 Å². The van der Waals surface area contributed by atoms with Crippen molar-refractivity contribution in [3.63, 3.8) is 0 Å². The van der Waals surface area contributed by atoms with E-state index in [1.54, 1.807) is 15.9 Å². The lowest BCUT2D eigenvalue weighted by Crippen LogP contribution is -2.51. The first-order valence-corrected chi connectivity index (χ1v) is 8.97. The van der Waals surface area contributed by atoms with Gasteiger partial charge in [-0.3, -0.25) is 9.59 Å². The van der Waals surface area contributed by atoms with Crippen LogP contribution in [0.15, 0.2) is 42.5 Å². The normalized spacial score (nSPS) is 14.2. The van der Waals surface area contributed by atoms with Crippen LogP contribution in [0.2, 0.25) is 0 Å². The largest absolute Gasteiger partial charge is 0.483 e. The van der Waals surface area contributed by atoms with Crippen molar-refractivity contribution in [3.8, 4) is 5.75 Å². The second kappa shape index (κ2) is 8.20. The standard InChI is InChI=1S/C21H23FN2O3/c1-15-6-7-16(2)19(12-15)27-14-20(25)23-8-10-24(11-9-23)21(26)17-4-3-5-18(22)13-17/h3-7,12-13H,8-11,14H2,1-2H3. The van der Waals surface area contributed by atoms with E-state index in [-0.39, 0.29) is 18.4 Å². The average Bonchev–Trinajstić information content (AvgIpc) is 2.68. The first-order valence-electron chi connectivity index (χ1n) is 8.97. The van der Waals surface area contributed by atoms with E-state index in [1.165, 1.54) is 18.2 Å². The van der Waals surface area contributed by atoms with Crippen LogP contribution in [0.25, 0.3) is 0 Å². The van der Waals surface area contributed by atoms with Crippen LogP contribution in [0.4, 0.5) is 4.39 Å². The molecule has 0 bridgehead atoms. The molecular formula is C21H23FN2O3. The molecule has 5 nitrogen and oxygen atoms in total. The maximum Gasteiger partial charge on any atom is 0.260 e. The van der Waals surface area contributed by atoms with Crippen molar-refractivity contribution in [2.45, 2.75) is 13.8 Å². The monoisotopic (exact) mass is 370 g/mol. The van der Waals surface area contributed by atoms with Crippen molar-refractivity contribution in [2.24, 2.45) is 0 Å². The number of piperazine rings is 1. The fraction of sp³-hybridized carbons (Fsp3) is 0.333. The predicted molar refractivity (Wildman–Crippen MR) is 100 cm³/mol. The van der Waals surface area contributed by atoms with Crippen LogP contribution in [0.3, 0.4) is 0 Å². The molecule has 0 aliphatic carbocycles. The third kappa shape index (κ3) is 4.64. The van der Waals surface area contributed by atoms with Gasteiger partial charge in [0.15, 0.2) is 6.61 Å². The molecule has 2 aromatic rings. The summed E-state index contributed by atoms with van der Waals surface area (Å²) in [6.45, 7) is 5.61. The summed E-state index contributed by atoms with van der Waals surface area (Å²) in [5.41, 5.74) is 2.39. The highest BCUT2D eigenvalue weighted by molar-refractivity contribution is 5.94. The number of hydrogen-bond donors (Lipinski definition) is 0. The van der Waals surface area contributed by atoms with Gasteiger partial charge in [-0.15, -0.1) is 0 Å². The summed E-state index contributed by atoms with van der Waals surface area (Å²) in [5.74, 6) is -0.0384. The van der Waals surface area contributed by atoms with E-state index >= 15 is 0 Å². The third-order valence-electron chi connectivity index (χ3n) is 4.69. The molecule has 1 heterocycles. The Bertz CT molecular complexity index is 845. The van der Waals surface area contributed by atoms with Crippen molar-refractivity contribution in [2.75, 3.05) is 32.8 Å². The molecule has 0 radical (unpaired) electrons. The summed E-state index contributed by atoms with van der Waals surface area (Å²) in [6, 6.07) is 11.5. The fourth-order valence-electron chi connectivity index (χ4n) is 3.06. The number of carbonyl (C=O) groups is 2. The number of rotatable bonds is 4. The van der Waals surface area contributed by atoms with Gasteiger partial charge in [0.05, 0.1) is 0 Å². The number of amides is 2. The first kappa shape index (κ1) is 18.9. The number of aryl methyl sites for hydroxylation is 2. The summed E-state index contributed by atoms with van der Waals surface area (Å²) in [4.78, 5) is 28.2. The van der Waals surface area contributed by atoms with Crippen LogP contribution in [0.5, 0.6) is 5.75 Å². The Kier molecular flexibility index (Phi) is 5.74. The molecule has 0 unspecified atom stereocenters. The second-order valence-corrected chi connectivity index (χ2v) is 6.74. The molecule has 1 saturated heterocycles. The van der Waals surface area contributed by atoms with E-state index in [0.717, 1.165) is 11.1 Å². The molecule has 0 aromatic heterocycles. The van der Waals surface area contributed by atoms with Crippen LogP contribution >= 0.6 is 0 Å². The van der Waals surface area contributed by atoms with E-state index in [1.807, 2.05) is 32.0 Å². The Balaban J connectivity index is 1.52. The number of ether oxygens (including phenoxy) is 1.